The molecule has 3 heteroatoms. The summed E-state index contributed by atoms with van der Waals surface area (Å²) in [6.45, 7) is 2.47. The van der Waals surface area contributed by atoms with Gasteiger partial charge in [0.2, 0.25) is 0 Å². The summed E-state index contributed by atoms with van der Waals surface area (Å²) in [5.74, 6) is 0. The molecule has 1 unspecified atom stereocenters. The van der Waals surface area contributed by atoms with Crippen LogP contribution in [0.1, 0.15) is 12.8 Å². The average molecular weight is 222 g/mol. The molecule has 1 aromatic carbocycles. The van der Waals surface area contributed by atoms with E-state index in [1.807, 2.05) is 0 Å². The Bertz CT molecular complexity index is 281. The number of likely N-dealkylation sites (tertiary alicyclic amines) is 1. The number of rotatable bonds is 3. The van der Waals surface area contributed by atoms with Crippen LogP contribution in [-0.4, -0.2) is 31.1 Å². The van der Waals surface area contributed by atoms with Gasteiger partial charge < -0.3 is 4.90 Å². The van der Waals surface area contributed by atoms with E-state index in [1.54, 1.807) is 0 Å². The Hall–Kier alpha value is -0.430. The van der Waals surface area contributed by atoms with Crippen molar-refractivity contribution in [2.24, 2.45) is 0 Å². The van der Waals surface area contributed by atoms with E-state index in [1.165, 1.54) is 31.2 Å². The highest BCUT2D eigenvalue weighted by Gasteiger charge is 2.15. The highest BCUT2D eigenvalue weighted by molar-refractivity contribution is 7.45. The number of hydrogen-bond donors (Lipinski definition) is 1. The first-order valence-corrected chi connectivity index (χ1v) is 6.60. The average Bonchev–Trinajstić information content (AvgIpc) is 2.30. The van der Waals surface area contributed by atoms with Gasteiger partial charge in [-0.1, -0.05) is 30.3 Å². The number of piperidine rings is 1. The Kier molecular flexibility index (Phi) is 4.13. The third kappa shape index (κ3) is 3.57. The van der Waals surface area contributed by atoms with Crippen molar-refractivity contribution in [1.29, 1.82) is 0 Å². The van der Waals surface area contributed by atoms with Crippen molar-refractivity contribution < 1.29 is 0 Å². The molecule has 0 saturated carbocycles. The Morgan fingerprint density at radius 3 is 2.53 bits per heavy atom. The van der Waals surface area contributed by atoms with Crippen molar-refractivity contribution in [3.05, 3.63) is 30.3 Å². The Morgan fingerprint density at radius 2 is 1.87 bits per heavy atom. The van der Waals surface area contributed by atoms with E-state index >= 15 is 0 Å². The second kappa shape index (κ2) is 5.60. The maximum absolute atomic E-state index is 3.66. The largest absolute Gasteiger partial charge is 0.306 e. The first kappa shape index (κ1) is 11.1. The maximum Gasteiger partial charge on any atom is 0.0128 e. The van der Waals surface area contributed by atoms with Gasteiger partial charge in [-0.15, -0.1) is 0 Å². The van der Waals surface area contributed by atoms with Gasteiger partial charge in [-0.25, -0.2) is 0 Å². The monoisotopic (exact) mass is 222 g/mol. The first-order chi connectivity index (χ1) is 7.34. The molecule has 82 valence electrons. The van der Waals surface area contributed by atoms with Crippen LogP contribution in [0.5, 0.6) is 0 Å². The molecule has 0 radical (unpaired) electrons. The van der Waals surface area contributed by atoms with E-state index < -0.39 is 0 Å². The van der Waals surface area contributed by atoms with Crippen LogP contribution in [0.2, 0.25) is 0 Å². The Balaban J connectivity index is 1.74. The summed E-state index contributed by atoms with van der Waals surface area (Å²) in [5, 5.41) is 5.07. The summed E-state index contributed by atoms with van der Waals surface area (Å²) in [4.78, 5) is 2.41. The minimum atomic E-state index is 0.722. The molecule has 0 aliphatic carbocycles. The van der Waals surface area contributed by atoms with Gasteiger partial charge in [-0.2, -0.15) is 0 Å². The predicted molar refractivity (Wildman–Crippen MR) is 68.0 cm³/mol. The highest BCUT2D eigenvalue weighted by atomic mass is 31.1. The molecule has 1 fully saturated rings. The highest BCUT2D eigenvalue weighted by Crippen LogP contribution is 2.14. The molecule has 1 aromatic rings. The molecule has 15 heavy (non-hydrogen) atoms. The third-order valence-electron chi connectivity index (χ3n) is 2.91. The van der Waals surface area contributed by atoms with Crippen LogP contribution in [0.4, 0.5) is 0 Å². The van der Waals surface area contributed by atoms with Crippen molar-refractivity contribution in [3.8, 4) is 0 Å². The van der Waals surface area contributed by atoms with Crippen LogP contribution in [-0.2, 0) is 0 Å². The molecule has 1 N–H and O–H groups in total. The predicted octanol–water partition coefficient (Wildman–Crippen LogP) is 1.59. The van der Waals surface area contributed by atoms with E-state index in [0.717, 1.165) is 14.8 Å². The summed E-state index contributed by atoms with van der Waals surface area (Å²) in [5.41, 5.74) is 0. The molecule has 1 aliphatic rings. The first-order valence-electron chi connectivity index (χ1n) is 5.60. The number of nitrogens with one attached hydrogen (secondary N) is 1. The molecule has 0 amide bonds. The molecule has 2 rings (SSSR count). The lowest BCUT2D eigenvalue weighted by molar-refractivity contribution is 0.250. The molecule has 1 saturated heterocycles. The minimum absolute atomic E-state index is 0.722. The smallest absolute Gasteiger partial charge is 0.0128 e. The lowest BCUT2D eigenvalue weighted by Gasteiger charge is -2.29. The van der Waals surface area contributed by atoms with Crippen LogP contribution in [0.15, 0.2) is 30.3 Å². The van der Waals surface area contributed by atoms with Crippen molar-refractivity contribution in [2.45, 2.75) is 18.9 Å². The van der Waals surface area contributed by atoms with Crippen molar-refractivity contribution >= 4 is 14.0 Å². The van der Waals surface area contributed by atoms with E-state index in [9.17, 15) is 0 Å². The Morgan fingerprint density at radius 1 is 1.20 bits per heavy atom. The molecule has 2 nitrogen and oxygen atoms in total. The van der Waals surface area contributed by atoms with Gasteiger partial charge in [0.25, 0.3) is 0 Å². The molecule has 1 heterocycles. The van der Waals surface area contributed by atoms with E-state index in [2.05, 4.69) is 47.4 Å². The van der Waals surface area contributed by atoms with E-state index in [4.69, 9.17) is 0 Å². The molecule has 0 aromatic heterocycles. The quantitative estimate of drug-likeness (QED) is 0.781. The van der Waals surface area contributed by atoms with Gasteiger partial charge in [0.05, 0.1) is 0 Å². The topological polar surface area (TPSA) is 15.3 Å². The van der Waals surface area contributed by atoms with E-state index in [-0.39, 0.29) is 0 Å². The van der Waals surface area contributed by atoms with Crippen LogP contribution in [0.25, 0.3) is 0 Å². The molecule has 1 aliphatic heterocycles. The fourth-order valence-corrected chi connectivity index (χ4v) is 2.88. The lowest BCUT2D eigenvalue weighted by atomic mass is 10.1. The van der Waals surface area contributed by atoms with Crippen molar-refractivity contribution in [2.75, 3.05) is 20.1 Å². The van der Waals surface area contributed by atoms with Crippen LogP contribution in [0.3, 0.4) is 0 Å². The number of hydrogen-bond acceptors (Lipinski definition) is 2. The normalized spacial score (nSPS) is 20.1. The summed E-state index contributed by atoms with van der Waals surface area (Å²) >= 11 is 0. The van der Waals surface area contributed by atoms with Gasteiger partial charge in [0, 0.05) is 6.04 Å². The van der Waals surface area contributed by atoms with Crippen LogP contribution < -0.4 is 10.4 Å². The van der Waals surface area contributed by atoms with Crippen molar-refractivity contribution in [1.82, 2.24) is 9.99 Å². The SMILES string of the molecule is CN1CCC(NPc2ccccc2)CC1. The molecule has 0 spiro atoms. The zero-order valence-corrected chi connectivity index (χ0v) is 10.2. The van der Waals surface area contributed by atoms with E-state index in [0.29, 0.717) is 0 Å². The van der Waals surface area contributed by atoms with Gasteiger partial charge in [0.1, 0.15) is 0 Å². The zero-order chi connectivity index (χ0) is 10.5. The maximum atomic E-state index is 3.66. The summed E-state index contributed by atoms with van der Waals surface area (Å²) in [6, 6.07) is 11.4. The summed E-state index contributed by atoms with van der Waals surface area (Å²) in [6.07, 6.45) is 2.58. The second-order valence-corrected chi connectivity index (χ2v) is 5.33. The number of benzene rings is 1. The van der Waals surface area contributed by atoms with Crippen LogP contribution >= 0.6 is 8.73 Å². The zero-order valence-electron chi connectivity index (χ0n) is 9.24. The van der Waals surface area contributed by atoms with Gasteiger partial charge in [0.15, 0.2) is 0 Å². The fourth-order valence-electron chi connectivity index (χ4n) is 1.86. The van der Waals surface area contributed by atoms with Gasteiger partial charge >= 0.3 is 0 Å². The third-order valence-corrected chi connectivity index (χ3v) is 4.09. The molecule has 0 bridgehead atoms. The molecule has 1 atom stereocenters. The number of nitrogens with zero attached hydrogens (tertiary/aromatic N) is 1. The standard InChI is InChI=1S/C12H19N2P/c1-14-9-7-11(8-10-14)13-15-12-5-3-2-4-6-12/h2-6,11,13,15H,7-10H2,1H3. The second-order valence-electron chi connectivity index (χ2n) is 4.21. The lowest BCUT2D eigenvalue weighted by Crippen LogP contribution is -2.38. The molecular weight excluding hydrogens is 203 g/mol. The summed E-state index contributed by atoms with van der Waals surface area (Å²) < 4.78 is 0. The van der Waals surface area contributed by atoms with Gasteiger partial charge in [-0.3, -0.25) is 5.09 Å². The van der Waals surface area contributed by atoms with Crippen LogP contribution in [0, 0.1) is 0 Å². The summed E-state index contributed by atoms with van der Waals surface area (Å²) in [7, 11) is 2.96. The molecular formula is C12H19N2P. The van der Waals surface area contributed by atoms with Gasteiger partial charge in [-0.05, 0) is 47.0 Å². The fraction of sp³-hybridized carbons (Fsp3) is 0.500. The minimum Gasteiger partial charge on any atom is -0.306 e. The van der Waals surface area contributed by atoms with Crippen molar-refractivity contribution in [3.63, 3.8) is 0 Å². The Labute approximate surface area is 93.9 Å².